The van der Waals surface area contributed by atoms with Gasteiger partial charge in [-0.05, 0) is 131 Å². The summed E-state index contributed by atoms with van der Waals surface area (Å²) in [7, 11) is 0. The predicted octanol–water partition coefficient (Wildman–Crippen LogP) is 13.9. The highest BCUT2D eigenvalue weighted by Crippen LogP contribution is 2.48. The molecule has 0 aromatic heterocycles. The van der Waals surface area contributed by atoms with Crippen molar-refractivity contribution in [3.8, 4) is 0 Å². The second kappa shape index (κ2) is 27.9. The maximum atomic E-state index is 15.2. The number of hydroxylamine groups is 4. The summed E-state index contributed by atoms with van der Waals surface area (Å²) >= 11 is 0. The Labute approximate surface area is 372 Å². The van der Waals surface area contributed by atoms with Crippen LogP contribution in [0.25, 0.3) is 0 Å². The molecule has 0 aliphatic carbocycles. The molecule has 2 saturated heterocycles. The fourth-order valence-corrected chi connectivity index (χ4v) is 11.8. The standard InChI is InChI=1S/C52H102N4O4/c1-13-17-19-21-27-31-37-59-55-49(5,6)39-43(40-50(55,7)8)45(33-15-3)54(48(58)36-30-26-24-23-25-29-35-47(53)57)46(34-16-4)44-41-51(9,10)56(52(11,12)42-44)60-38-32-28-22-20-18-14-2/h43-46H,13-42H2,1-12H3,(H2,53,57). The van der Waals surface area contributed by atoms with Gasteiger partial charge in [0, 0.05) is 47.1 Å². The van der Waals surface area contributed by atoms with E-state index in [1.807, 2.05) is 0 Å². The zero-order valence-electron chi connectivity index (χ0n) is 42.1. The first-order valence-corrected chi connectivity index (χ1v) is 25.8. The van der Waals surface area contributed by atoms with E-state index >= 15 is 4.79 Å². The summed E-state index contributed by atoms with van der Waals surface area (Å²) in [6.07, 6.45) is 30.6. The number of rotatable bonds is 33. The summed E-state index contributed by atoms with van der Waals surface area (Å²) in [6, 6.07) is 0.389. The zero-order chi connectivity index (χ0) is 44.8. The Kier molecular flexibility index (Phi) is 25.5. The molecule has 0 aromatic carbocycles. The van der Waals surface area contributed by atoms with Gasteiger partial charge in [-0.2, -0.15) is 10.1 Å². The molecule has 2 heterocycles. The van der Waals surface area contributed by atoms with Gasteiger partial charge < -0.3 is 10.6 Å². The molecule has 354 valence electrons. The zero-order valence-corrected chi connectivity index (χ0v) is 42.1. The number of amides is 2. The van der Waals surface area contributed by atoms with Gasteiger partial charge in [0.25, 0.3) is 0 Å². The third kappa shape index (κ3) is 18.5. The molecule has 0 saturated carbocycles. The third-order valence-corrected chi connectivity index (χ3v) is 14.0. The van der Waals surface area contributed by atoms with Crippen molar-refractivity contribution in [2.75, 3.05) is 13.2 Å². The average molecular weight is 847 g/mol. The minimum absolute atomic E-state index is 0.146. The Morgan fingerprint density at radius 2 is 0.817 bits per heavy atom. The quantitative estimate of drug-likeness (QED) is 0.0662. The molecule has 2 atom stereocenters. The maximum Gasteiger partial charge on any atom is 0.223 e. The van der Waals surface area contributed by atoms with Crippen LogP contribution in [0.5, 0.6) is 0 Å². The molecule has 0 radical (unpaired) electrons. The molecule has 2 unspecified atom stereocenters. The van der Waals surface area contributed by atoms with Gasteiger partial charge >= 0.3 is 0 Å². The summed E-state index contributed by atoms with van der Waals surface area (Å²) in [6.45, 7) is 29.8. The van der Waals surface area contributed by atoms with Crippen molar-refractivity contribution in [3.63, 3.8) is 0 Å². The molecule has 0 spiro atoms. The lowest BCUT2D eigenvalue weighted by Gasteiger charge is -2.59. The molecule has 8 heteroatoms. The van der Waals surface area contributed by atoms with Crippen LogP contribution in [0.4, 0.5) is 0 Å². The average Bonchev–Trinajstić information content (AvgIpc) is 3.15. The Morgan fingerprint density at radius 1 is 0.500 bits per heavy atom. The molecule has 2 aliphatic rings. The van der Waals surface area contributed by atoms with Crippen LogP contribution in [0.2, 0.25) is 0 Å². The molecular formula is C52H102N4O4. The van der Waals surface area contributed by atoms with Crippen LogP contribution in [0.1, 0.15) is 263 Å². The normalized spacial score (nSPS) is 20.6. The maximum absolute atomic E-state index is 15.2. The topological polar surface area (TPSA) is 88.3 Å². The summed E-state index contributed by atoms with van der Waals surface area (Å²) < 4.78 is 0. The van der Waals surface area contributed by atoms with Gasteiger partial charge in [-0.15, -0.1) is 0 Å². The van der Waals surface area contributed by atoms with Crippen LogP contribution < -0.4 is 5.73 Å². The summed E-state index contributed by atoms with van der Waals surface area (Å²) in [5.74, 6) is 0.939. The number of carbonyl (C=O) groups is 2. The van der Waals surface area contributed by atoms with Crippen molar-refractivity contribution in [1.82, 2.24) is 15.0 Å². The fraction of sp³-hybridized carbons (Fsp3) is 0.962. The van der Waals surface area contributed by atoms with Crippen LogP contribution in [-0.2, 0) is 19.3 Å². The molecule has 2 amide bonds. The Balaban J connectivity index is 2.40. The molecule has 2 rings (SSSR count). The van der Waals surface area contributed by atoms with Crippen LogP contribution in [0.3, 0.4) is 0 Å². The molecular weight excluding hydrogens is 745 g/mol. The minimum atomic E-state index is -0.208. The highest BCUT2D eigenvalue weighted by atomic mass is 16.7. The van der Waals surface area contributed by atoms with E-state index in [2.05, 4.69) is 98.1 Å². The second-order valence-electron chi connectivity index (χ2n) is 22.0. The number of hydrogen-bond acceptors (Lipinski definition) is 6. The van der Waals surface area contributed by atoms with Gasteiger partial charge in [0.2, 0.25) is 11.8 Å². The number of primary amides is 1. The lowest BCUT2D eigenvalue weighted by molar-refractivity contribution is -0.294. The molecule has 2 N–H and O–H groups in total. The number of hydrogen-bond donors (Lipinski definition) is 1. The SMILES string of the molecule is CCCCCCCCON1C(C)(C)CC(C(CCC)N(C(=O)CCCCCCCCC(N)=O)C(CCC)C2CC(C)(C)N(OCCCCCCCC)C(C)(C)C2)CC1(C)C. The lowest BCUT2D eigenvalue weighted by Crippen LogP contribution is -2.65. The van der Waals surface area contributed by atoms with E-state index in [9.17, 15) is 4.79 Å². The molecule has 2 fully saturated rings. The van der Waals surface area contributed by atoms with Crippen molar-refractivity contribution >= 4 is 11.8 Å². The van der Waals surface area contributed by atoms with E-state index in [4.69, 9.17) is 15.4 Å². The van der Waals surface area contributed by atoms with Crippen LogP contribution in [0, 0.1) is 11.8 Å². The summed E-state index contributed by atoms with van der Waals surface area (Å²) in [5.41, 5.74) is 4.79. The molecule has 0 bridgehead atoms. The van der Waals surface area contributed by atoms with Gasteiger partial charge in [-0.25, -0.2) is 0 Å². The van der Waals surface area contributed by atoms with Crippen molar-refractivity contribution in [2.45, 2.75) is 297 Å². The number of carbonyl (C=O) groups excluding carboxylic acids is 2. The van der Waals surface area contributed by atoms with Crippen LogP contribution in [0.15, 0.2) is 0 Å². The van der Waals surface area contributed by atoms with Gasteiger partial charge in [-0.3, -0.25) is 19.3 Å². The highest BCUT2D eigenvalue weighted by Gasteiger charge is 2.53. The van der Waals surface area contributed by atoms with Crippen LogP contribution in [-0.4, -0.2) is 74.3 Å². The first kappa shape index (κ1) is 54.9. The van der Waals surface area contributed by atoms with Crippen LogP contribution >= 0.6 is 0 Å². The Hall–Kier alpha value is -1.22. The van der Waals surface area contributed by atoms with Gasteiger partial charge in [0.15, 0.2) is 0 Å². The number of piperidine rings is 2. The van der Waals surface area contributed by atoms with Crippen molar-refractivity contribution in [3.05, 3.63) is 0 Å². The molecule has 8 nitrogen and oxygen atoms in total. The second-order valence-corrected chi connectivity index (χ2v) is 22.0. The lowest BCUT2D eigenvalue weighted by atomic mass is 9.68. The van der Waals surface area contributed by atoms with Crippen molar-refractivity contribution in [2.24, 2.45) is 17.6 Å². The van der Waals surface area contributed by atoms with Gasteiger partial charge in [0.05, 0.1) is 13.2 Å². The third-order valence-electron chi connectivity index (χ3n) is 14.0. The summed E-state index contributed by atoms with van der Waals surface area (Å²) in [5, 5.41) is 4.72. The van der Waals surface area contributed by atoms with E-state index in [1.165, 1.54) is 64.2 Å². The largest absolute Gasteiger partial charge is 0.370 e. The monoisotopic (exact) mass is 847 g/mol. The smallest absolute Gasteiger partial charge is 0.223 e. The van der Waals surface area contributed by atoms with E-state index in [1.54, 1.807) is 0 Å². The Morgan fingerprint density at radius 3 is 1.15 bits per heavy atom. The van der Waals surface area contributed by atoms with E-state index < -0.39 is 0 Å². The van der Waals surface area contributed by atoms with E-state index in [0.717, 1.165) is 116 Å². The minimum Gasteiger partial charge on any atom is -0.370 e. The Bertz CT molecular complexity index is 1070. The molecule has 60 heavy (non-hydrogen) atoms. The molecule has 0 aromatic rings. The first-order valence-electron chi connectivity index (χ1n) is 25.8. The van der Waals surface area contributed by atoms with Gasteiger partial charge in [0.1, 0.15) is 0 Å². The number of nitrogens with zero attached hydrogens (tertiary/aromatic N) is 3. The van der Waals surface area contributed by atoms with E-state index in [-0.39, 0.29) is 40.1 Å². The van der Waals surface area contributed by atoms with E-state index in [0.29, 0.717) is 30.6 Å². The summed E-state index contributed by atoms with van der Waals surface area (Å²) in [4.78, 5) is 42.4. The van der Waals surface area contributed by atoms with Crippen molar-refractivity contribution in [1.29, 1.82) is 0 Å². The first-order chi connectivity index (χ1) is 28.4. The number of unbranched alkanes of at least 4 members (excludes halogenated alkanes) is 15. The molecule has 2 aliphatic heterocycles. The predicted molar refractivity (Wildman–Crippen MR) is 254 cm³/mol. The highest BCUT2D eigenvalue weighted by molar-refractivity contribution is 5.77. The van der Waals surface area contributed by atoms with Gasteiger partial charge in [-0.1, -0.05) is 130 Å². The van der Waals surface area contributed by atoms with Crippen molar-refractivity contribution < 1.29 is 19.3 Å². The fourth-order valence-electron chi connectivity index (χ4n) is 11.8. The number of nitrogens with two attached hydrogens (primary N) is 1.